The first-order chi connectivity index (χ1) is 18.8. The lowest BCUT2D eigenvalue weighted by Crippen LogP contribution is -2.13. The van der Waals surface area contributed by atoms with E-state index in [9.17, 15) is 9.18 Å². The number of hydrogen-bond acceptors (Lipinski definition) is 4. The Labute approximate surface area is 229 Å². The minimum absolute atomic E-state index is 0.0811. The van der Waals surface area contributed by atoms with E-state index in [-0.39, 0.29) is 17.4 Å². The summed E-state index contributed by atoms with van der Waals surface area (Å²) in [5.74, 6) is 0.0860. The molecular formula is C33H35FN4O. The fourth-order valence-corrected chi connectivity index (χ4v) is 5.00. The number of halogens is 1. The summed E-state index contributed by atoms with van der Waals surface area (Å²) in [5.41, 5.74) is 13.0. The highest BCUT2D eigenvalue weighted by molar-refractivity contribution is 6.28. The molecule has 39 heavy (non-hydrogen) atoms. The second kappa shape index (κ2) is 12.0. The highest BCUT2D eigenvalue weighted by atomic mass is 19.1. The van der Waals surface area contributed by atoms with E-state index >= 15 is 0 Å². The van der Waals surface area contributed by atoms with Gasteiger partial charge in [-0.3, -0.25) is 10.2 Å². The molecule has 0 saturated carbocycles. The number of unbranched alkanes of at least 4 members (excludes halogenated alkanes) is 1. The number of fused-ring (bicyclic) bond motifs is 2. The van der Waals surface area contributed by atoms with Crippen molar-refractivity contribution in [2.75, 3.05) is 5.32 Å². The Morgan fingerprint density at radius 3 is 2.44 bits per heavy atom. The van der Waals surface area contributed by atoms with Crippen LogP contribution in [0.4, 0.5) is 15.8 Å². The number of Topliss-reactive ketones (excluding diaryl/α,β-unsaturated/α-hetero) is 1. The molecule has 0 bridgehead atoms. The Kier molecular flexibility index (Phi) is 8.55. The van der Waals surface area contributed by atoms with Crippen LogP contribution >= 0.6 is 0 Å². The number of nitrogens with zero attached hydrogens (tertiary/aromatic N) is 1. The van der Waals surface area contributed by atoms with Gasteiger partial charge in [-0.25, -0.2) is 9.38 Å². The summed E-state index contributed by atoms with van der Waals surface area (Å²) in [4.78, 5) is 15.7. The summed E-state index contributed by atoms with van der Waals surface area (Å²) in [6.45, 7) is 7.74. The Balaban J connectivity index is 0.00000172. The molecule has 5 nitrogen and oxygen atoms in total. The van der Waals surface area contributed by atoms with E-state index in [1.165, 1.54) is 17.7 Å². The van der Waals surface area contributed by atoms with Crippen LogP contribution in [0.3, 0.4) is 0 Å². The number of nitrogens with two attached hydrogens (primary N) is 1. The van der Waals surface area contributed by atoms with Gasteiger partial charge >= 0.3 is 0 Å². The molecule has 1 aliphatic rings. The molecule has 4 aromatic carbocycles. The molecule has 5 rings (SSSR count). The molecule has 0 aliphatic carbocycles. The SMILES string of the molecule is CC.CCCCc1cccc(-c2c3c(cc4cc(F)cc(Nc5ccc(CC(C)=O)cc5)c24)C(=N)N=C3N)c1. The Morgan fingerprint density at radius 2 is 1.74 bits per heavy atom. The first-order valence-electron chi connectivity index (χ1n) is 13.5. The average molecular weight is 523 g/mol. The van der Waals surface area contributed by atoms with Crippen LogP contribution in [0.15, 0.2) is 71.7 Å². The number of hydrogen-bond donors (Lipinski definition) is 3. The monoisotopic (exact) mass is 522 g/mol. The number of carbonyl (C=O) groups excluding carboxylic acids is 1. The fourth-order valence-electron chi connectivity index (χ4n) is 5.00. The normalized spacial score (nSPS) is 12.0. The van der Waals surface area contributed by atoms with Crippen LogP contribution in [0, 0.1) is 11.2 Å². The number of anilines is 2. The van der Waals surface area contributed by atoms with Gasteiger partial charge in [0.15, 0.2) is 5.84 Å². The van der Waals surface area contributed by atoms with Crippen molar-refractivity contribution < 1.29 is 9.18 Å². The van der Waals surface area contributed by atoms with Gasteiger partial charge in [-0.15, -0.1) is 0 Å². The van der Waals surface area contributed by atoms with E-state index in [4.69, 9.17) is 11.1 Å². The lowest BCUT2D eigenvalue weighted by Gasteiger charge is -2.19. The maximum absolute atomic E-state index is 14.9. The van der Waals surface area contributed by atoms with Gasteiger partial charge in [0.1, 0.15) is 17.4 Å². The smallest absolute Gasteiger partial charge is 0.154 e. The third-order valence-electron chi connectivity index (χ3n) is 6.67. The molecule has 0 spiro atoms. The Bertz CT molecular complexity index is 1570. The van der Waals surface area contributed by atoms with Crippen molar-refractivity contribution in [1.29, 1.82) is 5.41 Å². The molecular weight excluding hydrogens is 487 g/mol. The zero-order valence-electron chi connectivity index (χ0n) is 23.0. The number of nitrogens with one attached hydrogen (secondary N) is 2. The lowest BCUT2D eigenvalue weighted by molar-refractivity contribution is -0.116. The van der Waals surface area contributed by atoms with Crippen LogP contribution in [-0.4, -0.2) is 17.5 Å². The summed E-state index contributed by atoms with van der Waals surface area (Å²) in [7, 11) is 0. The highest BCUT2D eigenvalue weighted by Crippen LogP contribution is 2.42. The fraction of sp³-hybridized carbons (Fsp3) is 0.242. The summed E-state index contributed by atoms with van der Waals surface area (Å²) in [6.07, 6.45) is 3.52. The van der Waals surface area contributed by atoms with Crippen molar-refractivity contribution in [2.45, 2.75) is 53.4 Å². The predicted octanol–water partition coefficient (Wildman–Crippen LogP) is 7.93. The molecule has 4 N–H and O–H groups in total. The van der Waals surface area contributed by atoms with Gasteiger partial charge in [-0.1, -0.05) is 63.6 Å². The maximum Gasteiger partial charge on any atom is 0.154 e. The molecule has 0 radical (unpaired) electrons. The molecule has 1 heterocycles. The molecule has 4 aromatic rings. The number of carbonyl (C=O) groups is 1. The van der Waals surface area contributed by atoms with Crippen molar-refractivity contribution in [3.8, 4) is 11.1 Å². The maximum atomic E-state index is 14.9. The van der Waals surface area contributed by atoms with E-state index < -0.39 is 0 Å². The molecule has 200 valence electrons. The molecule has 1 aliphatic heterocycles. The topological polar surface area (TPSA) is 91.3 Å². The quantitative estimate of drug-likeness (QED) is 0.219. The zero-order chi connectivity index (χ0) is 28.1. The number of ketones is 1. The van der Waals surface area contributed by atoms with Gasteiger partial charge in [0, 0.05) is 39.9 Å². The summed E-state index contributed by atoms with van der Waals surface area (Å²) >= 11 is 0. The van der Waals surface area contributed by atoms with Gasteiger partial charge < -0.3 is 11.1 Å². The summed E-state index contributed by atoms with van der Waals surface area (Å²) in [5, 5.41) is 13.2. The number of amidine groups is 2. The van der Waals surface area contributed by atoms with Gasteiger partial charge in [-0.2, -0.15) is 0 Å². The molecule has 0 atom stereocenters. The molecule has 0 fully saturated rings. The number of rotatable bonds is 8. The van der Waals surface area contributed by atoms with E-state index in [0.29, 0.717) is 34.5 Å². The third-order valence-corrected chi connectivity index (χ3v) is 6.67. The highest BCUT2D eigenvalue weighted by Gasteiger charge is 2.27. The first kappa shape index (κ1) is 27.7. The van der Waals surface area contributed by atoms with E-state index in [1.54, 1.807) is 13.0 Å². The van der Waals surface area contributed by atoms with E-state index in [0.717, 1.165) is 47.0 Å². The Hall–Kier alpha value is -4.32. The standard InChI is InChI=1S/C31H29FN4O.C2H6/c1-3-4-6-19-7-5-8-21(14-19)28-27-22(16-25-29(28)31(34)36-30(25)33)15-23(32)17-26(27)35-24-11-9-20(10-12-24)13-18(2)37;1-2/h5,7-12,14-17,35H,3-4,6,13H2,1-2H3,(H3,33,34,36);1-2H3. The molecule has 0 aromatic heterocycles. The van der Waals surface area contributed by atoms with Crippen LogP contribution in [0.5, 0.6) is 0 Å². The first-order valence-corrected chi connectivity index (χ1v) is 13.5. The average Bonchev–Trinajstić information content (AvgIpc) is 3.20. The third kappa shape index (κ3) is 5.90. The molecule has 0 saturated heterocycles. The lowest BCUT2D eigenvalue weighted by atomic mass is 9.88. The van der Waals surface area contributed by atoms with Gasteiger partial charge in [-0.05, 0) is 72.2 Å². The van der Waals surface area contributed by atoms with Crippen LogP contribution in [0.2, 0.25) is 0 Å². The summed E-state index contributed by atoms with van der Waals surface area (Å²) < 4.78 is 14.9. The molecule has 6 heteroatoms. The van der Waals surface area contributed by atoms with Crippen LogP contribution in [0.1, 0.15) is 62.8 Å². The zero-order valence-corrected chi connectivity index (χ0v) is 23.0. The van der Waals surface area contributed by atoms with Crippen molar-refractivity contribution in [3.05, 3.63) is 94.8 Å². The van der Waals surface area contributed by atoms with Gasteiger partial charge in [0.05, 0.1) is 0 Å². The van der Waals surface area contributed by atoms with Crippen molar-refractivity contribution in [1.82, 2.24) is 0 Å². The number of aliphatic imine (C=N–C) groups is 1. The number of aryl methyl sites for hydroxylation is 1. The summed E-state index contributed by atoms with van der Waals surface area (Å²) in [6, 6.07) is 20.7. The second-order valence-corrected chi connectivity index (χ2v) is 9.58. The minimum Gasteiger partial charge on any atom is -0.383 e. The molecule has 0 amide bonds. The van der Waals surface area contributed by atoms with Crippen molar-refractivity contribution in [2.24, 2.45) is 10.7 Å². The molecule has 0 unspecified atom stereocenters. The largest absolute Gasteiger partial charge is 0.383 e. The predicted molar refractivity (Wildman–Crippen MR) is 161 cm³/mol. The van der Waals surface area contributed by atoms with Crippen LogP contribution in [-0.2, 0) is 17.6 Å². The van der Waals surface area contributed by atoms with Crippen molar-refractivity contribution in [3.63, 3.8) is 0 Å². The van der Waals surface area contributed by atoms with Crippen LogP contribution in [0.25, 0.3) is 21.9 Å². The number of benzene rings is 4. The van der Waals surface area contributed by atoms with Crippen molar-refractivity contribution >= 4 is 39.6 Å². The second-order valence-electron chi connectivity index (χ2n) is 9.58. The minimum atomic E-state index is -0.385. The van der Waals surface area contributed by atoms with Gasteiger partial charge in [0.2, 0.25) is 0 Å². The van der Waals surface area contributed by atoms with E-state index in [2.05, 4.69) is 29.4 Å². The Morgan fingerprint density at radius 1 is 1.00 bits per heavy atom. The van der Waals surface area contributed by atoms with Gasteiger partial charge in [0.25, 0.3) is 0 Å². The van der Waals surface area contributed by atoms with E-state index in [1.807, 2.05) is 50.2 Å². The van der Waals surface area contributed by atoms with Crippen LogP contribution < -0.4 is 11.1 Å².